The van der Waals surface area contributed by atoms with Gasteiger partial charge in [-0.2, -0.15) is 5.26 Å². The van der Waals surface area contributed by atoms with E-state index in [0.29, 0.717) is 30.0 Å². The number of benzene rings is 2. The quantitative estimate of drug-likeness (QED) is 0.571. The van der Waals surface area contributed by atoms with Gasteiger partial charge in [-0.15, -0.1) is 0 Å². The van der Waals surface area contributed by atoms with Gasteiger partial charge in [0, 0.05) is 18.3 Å². The third-order valence-electron chi connectivity index (χ3n) is 5.67. The van der Waals surface area contributed by atoms with Crippen molar-refractivity contribution in [3.8, 4) is 17.6 Å². The molecule has 0 radical (unpaired) electrons. The highest BCUT2D eigenvalue weighted by atomic mass is 79.9. The Morgan fingerprint density at radius 1 is 1.22 bits per heavy atom. The zero-order valence-corrected chi connectivity index (χ0v) is 19.3. The molecule has 0 amide bonds. The van der Waals surface area contributed by atoms with E-state index in [0.717, 1.165) is 21.3 Å². The first-order valence-electron chi connectivity index (χ1n) is 10.1. The number of fused-ring (bicyclic) bond motifs is 1. The summed E-state index contributed by atoms with van der Waals surface area (Å²) in [5, 5.41) is 9.84. The molecule has 32 heavy (non-hydrogen) atoms. The third kappa shape index (κ3) is 3.90. The van der Waals surface area contributed by atoms with Crippen molar-refractivity contribution in [2.75, 3.05) is 7.11 Å². The van der Waals surface area contributed by atoms with Crippen molar-refractivity contribution in [2.24, 2.45) is 5.73 Å². The molecule has 2 aromatic carbocycles. The summed E-state index contributed by atoms with van der Waals surface area (Å²) >= 11 is 3.50. The van der Waals surface area contributed by atoms with E-state index in [1.165, 1.54) is 0 Å². The summed E-state index contributed by atoms with van der Waals surface area (Å²) in [6, 6.07) is 19.4. The minimum atomic E-state index is -0.637. The van der Waals surface area contributed by atoms with Gasteiger partial charge in [0.2, 0.25) is 5.88 Å². The fourth-order valence-corrected chi connectivity index (χ4v) is 4.60. The van der Waals surface area contributed by atoms with Crippen LogP contribution in [0, 0.1) is 18.3 Å². The van der Waals surface area contributed by atoms with Gasteiger partial charge in [-0.05, 0) is 52.5 Å². The number of aryl methyl sites for hydroxylation is 2. The molecule has 7 heteroatoms. The second kappa shape index (κ2) is 8.93. The summed E-state index contributed by atoms with van der Waals surface area (Å²) in [7, 11) is 1.58. The topological polar surface area (TPSA) is 90.3 Å². The van der Waals surface area contributed by atoms with Gasteiger partial charge in [0.1, 0.15) is 23.1 Å². The number of allylic oxidation sites excluding steroid dienone is 1. The number of methoxy groups -OCH3 is 1. The van der Waals surface area contributed by atoms with Gasteiger partial charge >= 0.3 is 0 Å². The standard InChI is InChI=1S/C25H22BrN3O3/c1-15-12-21-23(25(30)29(15)11-10-16-6-4-3-5-7-16)22(18(14-27)24(28)32-21)17-8-9-20(31-2)19(26)13-17/h3-9,12-13,22H,10-11,28H2,1-2H3/t22-/m0/s1. The van der Waals surface area contributed by atoms with Gasteiger partial charge in [-0.3, -0.25) is 4.79 Å². The van der Waals surface area contributed by atoms with Crippen LogP contribution in [-0.2, 0) is 13.0 Å². The SMILES string of the molecule is COc1ccc([C@H]2C(C#N)=C(N)Oc3cc(C)n(CCc4ccccc4)c(=O)c32)cc1Br. The summed E-state index contributed by atoms with van der Waals surface area (Å²) < 4.78 is 13.5. The van der Waals surface area contributed by atoms with Crippen molar-refractivity contribution in [1.82, 2.24) is 4.57 Å². The normalized spacial score (nSPS) is 15.0. The average Bonchev–Trinajstić information content (AvgIpc) is 2.78. The zero-order chi connectivity index (χ0) is 22.8. The molecule has 0 unspecified atom stereocenters. The molecule has 2 N–H and O–H groups in total. The van der Waals surface area contributed by atoms with Gasteiger partial charge in [-0.25, -0.2) is 0 Å². The predicted molar refractivity (Wildman–Crippen MR) is 126 cm³/mol. The number of nitrogens with two attached hydrogens (primary N) is 1. The van der Waals surface area contributed by atoms with Crippen LogP contribution in [0.25, 0.3) is 0 Å². The molecular weight excluding hydrogens is 470 g/mol. The van der Waals surface area contributed by atoms with Gasteiger partial charge < -0.3 is 19.8 Å². The highest BCUT2D eigenvalue weighted by Gasteiger charge is 2.34. The van der Waals surface area contributed by atoms with E-state index in [9.17, 15) is 10.1 Å². The molecule has 0 bridgehead atoms. The van der Waals surface area contributed by atoms with Crippen molar-refractivity contribution in [3.05, 3.63) is 103 Å². The van der Waals surface area contributed by atoms with Crippen molar-refractivity contribution in [1.29, 1.82) is 5.26 Å². The summed E-state index contributed by atoms with van der Waals surface area (Å²) in [4.78, 5) is 13.7. The molecule has 1 aliphatic heterocycles. The van der Waals surface area contributed by atoms with Crippen LogP contribution >= 0.6 is 15.9 Å². The van der Waals surface area contributed by atoms with Crippen molar-refractivity contribution in [3.63, 3.8) is 0 Å². The Morgan fingerprint density at radius 3 is 2.62 bits per heavy atom. The summed E-state index contributed by atoms with van der Waals surface area (Å²) in [5.74, 6) is 0.414. The van der Waals surface area contributed by atoms with Gasteiger partial charge in [-0.1, -0.05) is 36.4 Å². The predicted octanol–water partition coefficient (Wildman–Crippen LogP) is 4.39. The first kappa shape index (κ1) is 21.7. The minimum Gasteiger partial charge on any atom is -0.496 e. The molecule has 4 rings (SSSR count). The number of hydrogen-bond donors (Lipinski definition) is 1. The van der Waals surface area contributed by atoms with Crippen LogP contribution in [-0.4, -0.2) is 11.7 Å². The molecule has 162 valence electrons. The Morgan fingerprint density at radius 2 is 1.97 bits per heavy atom. The van der Waals surface area contributed by atoms with Crippen LogP contribution in [0.4, 0.5) is 0 Å². The maximum atomic E-state index is 13.7. The number of nitriles is 1. The largest absolute Gasteiger partial charge is 0.496 e. The lowest BCUT2D eigenvalue weighted by Crippen LogP contribution is -2.33. The maximum Gasteiger partial charge on any atom is 0.258 e. The van der Waals surface area contributed by atoms with Crippen molar-refractivity contribution in [2.45, 2.75) is 25.8 Å². The van der Waals surface area contributed by atoms with E-state index in [1.54, 1.807) is 17.7 Å². The third-order valence-corrected chi connectivity index (χ3v) is 6.29. The number of aromatic nitrogens is 1. The highest BCUT2D eigenvalue weighted by molar-refractivity contribution is 9.10. The molecule has 1 aromatic heterocycles. The molecule has 0 fully saturated rings. The van der Waals surface area contributed by atoms with Crippen molar-refractivity contribution < 1.29 is 9.47 Å². The Balaban J connectivity index is 1.84. The molecule has 2 heterocycles. The van der Waals surface area contributed by atoms with E-state index in [2.05, 4.69) is 22.0 Å². The first-order valence-corrected chi connectivity index (χ1v) is 10.9. The lowest BCUT2D eigenvalue weighted by atomic mass is 9.84. The van der Waals surface area contributed by atoms with Crippen LogP contribution in [0.15, 0.2) is 75.3 Å². The van der Waals surface area contributed by atoms with Crippen LogP contribution in [0.2, 0.25) is 0 Å². The fraction of sp³-hybridized carbons (Fsp3) is 0.200. The monoisotopic (exact) mass is 491 g/mol. The zero-order valence-electron chi connectivity index (χ0n) is 17.8. The van der Waals surface area contributed by atoms with Crippen LogP contribution < -0.4 is 20.8 Å². The molecule has 0 aliphatic carbocycles. The molecule has 0 saturated carbocycles. The molecular formula is C25H22BrN3O3. The van der Waals surface area contributed by atoms with Crippen LogP contribution in [0.5, 0.6) is 11.5 Å². The average molecular weight is 492 g/mol. The minimum absolute atomic E-state index is 0.0118. The van der Waals surface area contributed by atoms with E-state index < -0.39 is 5.92 Å². The smallest absolute Gasteiger partial charge is 0.258 e. The summed E-state index contributed by atoms with van der Waals surface area (Å²) in [5.41, 5.74) is 9.19. The Bertz CT molecular complexity index is 1310. The molecule has 1 aliphatic rings. The first-order chi connectivity index (χ1) is 15.4. The molecule has 1 atom stereocenters. The van der Waals surface area contributed by atoms with E-state index in [4.69, 9.17) is 15.2 Å². The van der Waals surface area contributed by atoms with Crippen LogP contribution in [0.3, 0.4) is 0 Å². The van der Waals surface area contributed by atoms with Crippen molar-refractivity contribution >= 4 is 15.9 Å². The Hall–Kier alpha value is -3.50. The highest BCUT2D eigenvalue weighted by Crippen LogP contribution is 2.42. The Kier molecular flexibility index (Phi) is 6.06. The number of hydrogen-bond acceptors (Lipinski definition) is 5. The number of nitrogens with zero attached hydrogens (tertiary/aromatic N) is 2. The Labute approximate surface area is 194 Å². The number of ether oxygens (including phenoxy) is 2. The van der Waals surface area contributed by atoms with Gasteiger partial charge in [0.15, 0.2) is 0 Å². The van der Waals surface area contributed by atoms with Gasteiger partial charge in [0.05, 0.1) is 23.1 Å². The van der Waals surface area contributed by atoms with E-state index in [-0.39, 0.29) is 17.0 Å². The maximum absolute atomic E-state index is 13.7. The number of halogens is 1. The number of rotatable bonds is 5. The summed E-state index contributed by atoms with van der Waals surface area (Å²) in [6.07, 6.45) is 0.711. The fourth-order valence-electron chi connectivity index (χ4n) is 4.05. The second-order valence-corrected chi connectivity index (χ2v) is 8.43. The lowest BCUT2D eigenvalue weighted by molar-refractivity contribution is 0.388. The van der Waals surface area contributed by atoms with E-state index in [1.807, 2.05) is 55.5 Å². The van der Waals surface area contributed by atoms with Gasteiger partial charge in [0.25, 0.3) is 5.56 Å². The summed E-state index contributed by atoms with van der Waals surface area (Å²) in [6.45, 7) is 2.39. The molecule has 6 nitrogen and oxygen atoms in total. The molecule has 0 spiro atoms. The van der Waals surface area contributed by atoms with E-state index >= 15 is 0 Å². The molecule has 3 aromatic rings. The molecule has 0 saturated heterocycles. The number of pyridine rings is 1. The van der Waals surface area contributed by atoms with Crippen LogP contribution in [0.1, 0.15) is 28.3 Å². The lowest BCUT2D eigenvalue weighted by Gasteiger charge is -2.27. The second-order valence-electron chi connectivity index (χ2n) is 7.57.